The maximum atomic E-state index is 12.5. The molecule has 3 aromatic carbocycles. The molecule has 0 aliphatic carbocycles. The Balaban J connectivity index is 1.54. The van der Waals surface area contributed by atoms with Crippen molar-refractivity contribution in [2.75, 3.05) is 19.5 Å². The largest absolute Gasteiger partial charge is 0.493 e. The van der Waals surface area contributed by atoms with Crippen LogP contribution in [0, 0.1) is 0 Å². The highest BCUT2D eigenvalue weighted by atomic mass is 16.5. The average molecular weight is 416 g/mol. The summed E-state index contributed by atoms with van der Waals surface area (Å²) in [5, 5.41) is 3.28. The fourth-order valence-electron chi connectivity index (χ4n) is 3.25. The van der Waals surface area contributed by atoms with Crippen LogP contribution in [0.15, 0.2) is 75.9 Å². The normalized spacial score (nSPS) is 10.6. The summed E-state index contributed by atoms with van der Waals surface area (Å²) >= 11 is 0. The maximum absolute atomic E-state index is 12.5. The lowest BCUT2D eigenvalue weighted by atomic mass is 10.1. The van der Waals surface area contributed by atoms with Crippen molar-refractivity contribution in [3.05, 3.63) is 82.7 Å². The van der Waals surface area contributed by atoms with E-state index in [-0.39, 0.29) is 18.2 Å². The van der Waals surface area contributed by atoms with Gasteiger partial charge in [-0.25, -0.2) is 9.78 Å². The van der Waals surface area contributed by atoms with Crippen LogP contribution >= 0.6 is 0 Å². The molecular weight excluding hydrogens is 396 g/mol. The summed E-state index contributed by atoms with van der Waals surface area (Å²) < 4.78 is 15.9. The number of carbonyl (C=O) groups is 1. The monoisotopic (exact) mass is 416 g/mol. The molecule has 0 aliphatic heterocycles. The number of hydrogen-bond acceptors (Lipinski definition) is 6. The molecule has 0 radical (unpaired) electrons. The van der Waals surface area contributed by atoms with Gasteiger partial charge in [0.25, 0.3) is 0 Å². The van der Waals surface area contributed by atoms with Gasteiger partial charge < -0.3 is 19.2 Å². The van der Waals surface area contributed by atoms with Gasteiger partial charge >= 0.3 is 5.63 Å². The number of carbonyl (C=O) groups excluding carboxylic acids is 1. The number of nitrogens with one attached hydrogen (secondary N) is 1. The average Bonchev–Trinajstić information content (AvgIpc) is 2.79. The van der Waals surface area contributed by atoms with E-state index < -0.39 is 5.63 Å². The van der Waals surface area contributed by atoms with E-state index in [1.165, 1.54) is 0 Å². The third kappa shape index (κ3) is 4.40. The topological polar surface area (TPSA) is 90.7 Å². The van der Waals surface area contributed by atoms with E-state index in [1.807, 2.05) is 12.1 Å². The third-order valence-corrected chi connectivity index (χ3v) is 4.74. The Morgan fingerprint density at radius 2 is 1.77 bits per heavy atom. The smallest absolute Gasteiger partial charge is 0.347 e. The number of fused-ring (bicyclic) bond motifs is 1. The van der Waals surface area contributed by atoms with E-state index in [0.717, 1.165) is 5.56 Å². The van der Waals surface area contributed by atoms with Gasteiger partial charge in [-0.1, -0.05) is 24.3 Å². The fraction of sp³-hybridized carbons (Fsp3) is 0.125. The van der Waals surface area contributed by atoms with Crippen molar-refractivity contribution in [1.29, 1.82) is 0 Å². The third-order valence-electron chi connectivity index (χ3n) is 4.74. The van der Waals surface area contributed by atoms with Gasteiger partial charge in [0.2, 0.25) is 11.8 Å². The van der Waals surface area contributed by atoms with Gasteiger partial charge in [-0.05, 0) is 48.0 Å². The van der Waals surface area contributed by atoms with Gasteiger partial charge in [0.05, 0.1) is 31.5 Å². The molecule has 7 heteroatoms. The second kappa shape index (κ2) is 8.71. The Morgan fingerprint density at radius 3 is 2.58 bits per heavy atom. The van der Waals surface area contributed by atoms with Crippen molar-refractivity contribution in [2.24, 2.45) is 0 Å². The molecule has 7 nitrogen and oxygen atoms in total. The van der Waals surface area contributed by atoms with Crippen LogP contribution in [-0.4, -0.2) is 25.1 Å². The zero-order chi connectivity index (χ0) is 21.8. The van der Waals surface area contributed by atoms with Crippen molar-refractivity contribution in [3.63, 3.8) is 0 Å². The first-order valence-corrected chi connectivity index (χ1v) is 9.58. The summed E-state index contributed by atoms with van der Waals surface area (Å²) in [6.07, 6.45) is 0.161. The summed E-state index contributed by atoms with van der Waals surface area (Å²) in [6, 6.07) is 19.3. The number of methoxy groups -OCH3 is 2. The number of nitrogens with zero attached hydrogens (tertiary/aromatic N) is 1. The summed E-state index contributed by atoms with van der Waals surface area (Å²) in [5.74, 6) is 1.16. The molecule has 0 spiro atoms. The molecule has 1 N–H and O–H groups in total. The molecule has 0 fully saturated rings. The molecule has 0 atom stereocenters. The first kappa shape index (κ1) is 20.2. The van der Waals surface area contributed by atoms with Gasteiger partial charge in [-0.2, -0.15) is 0 Å². The number of aromatic nitrogens is 1. The number of benzene rings is 3. The van der Waals surface area contributed by atoms with E-state index in [9.17, 15) is 9.59 Å². The first-order valence-electron chi connectivity index (χ1n) is 9.58. The molecule has 0 saturated heterocycles. The zero-order valence-electron chi connectivity index (χ0n) is 17.0. The summed E-state index contributed by atoms with van der Waals surface area (Å²) in [6.45, 7) is 0. The molecule has 1 amide bonds. The molecule has 0 aliphatic rings. The highest BCUT2D eigenvalue weighted by Gasteiger charge is 2.11. The SMILES string of the molecule is COc1ccc(CC(=O)Nc2cccc(-c3nc4ccccc4c(=O)o3)c2)cc1OC. The van der Waals surface area contributed by atoms with E-state index in [1.54, 1.807) is 68.8 Å². The lowest BCUT2D eigenvalue weighted by Gasteiger charge is -2.10. The van der Waals surface area contributed by atoms with E-state index in [4.69, 9.17) is 13.9 Å². The number of amides is 1. The van der Waals surface area contributed by atoms with E-state index in [0.29, 0.717) is 33.7 Å². The van der Waals surface area contributed by atoms with Crippen molar-refractivity contribution in [3.8, 4) is 23.0 Å². The van der Waals surface area contributed by atoms with Crippen LogP contribution in [0.3, 0.4) is 0 Å². The molecular formula is C24H20N2O5. The first-order chi connectivity index (χ1) is 15.1. The van der Waals surface area contributed by atoms with Gasteiger partial charge in [0.1, 0.15) is 0 Å². The highest BCUT2D eigenvalue weighted by molar-refractivity contribution is 5.93. The van der Waals surface area contributed by atoms with Crippen molar-refractivity contribution in [1.82, 2.24) is 4.98 Å². The number of anilines is 1. The van der Waals surface area contributed by atoms with Gasteiger partial charge in [-0.3, -0.25) is 4.79 Å². The van der Waals surface area contributed by atoms with Crippen LogP contribution in [0.1, 0.15) is 5.56 Å². The Kier molecular flexibility index (Phi) is 5.66. The van der Waals surface area contributed by atoms with Gasteiger partial charge in [0, 0.05) is 11.3 Å². The molecule has 4 rings (SSSR count). The molecule has 1 heterocycles. The number of ether oxygens (including phenoxy) is 2. The number of para-hydroxylation sites is 1. The molecule has 0 saturated carbocycles. The van der Waals surface area contributed by atoms with Gasteiger partial charge in [-0.15, -0.1) is 0 Å². The predicted molar refractivity (Wildman–Crippen MR) is 118 cm³/mol. The van der Waals surface area contributed by atoms with Crippen molar-refractivity contribution >= 4 is 22.5 Å². The lowest BCUT2D eigenvalue weighted by Crippen LogP contribution is -2.14. The van der Waals surface area contributed by atoms with Crippen LogP contribution < -0.4 is 20.4 Å². The fourth-order valence-corrected chi connectivity index (χ4v) is 3.25. The van der Waals surface area contributed by atoms with E-state index >= 15 is 0 Å². The quantitative estimate of drug-likeness (QED) is 0.510. The molecule has 0 unspecified atom stereocenters. The van der Waals surface area contributed by atoms with Crippen LogP contribution in [0.25, 0.3) is 22.4 Å². The zero-order valence-corrected chi connectivity index (χ0v) is 17.0. The molecule has 156 valence electrons. The Bertz CT molecular complexity index is 1310. The van der Waals surface area contributed by atoms with Crippen LogP contribution in [0.4, 0.5) is 5.69 Å². The number of hydrogen-bond donors (Lipinski definition) is 1. The Labute approximate surface area is 178 Å². The second-order valence-corrected chi connectivity index (χ2v) is 6.82. The minimum Gasteiger partial charge on any atom is -0.493 e. The summed E-state index contributed by atoms with van der Waals surface area (Å²) in [4.78, 5) is 29.2. The summed E-state index contributed by atoms with van der Waals surface area (Å²) in [5.41, 5.74) is 2.04. The van der Waals surface area contributed by atoms with E-state index in [2.05, 4.69) is 10.3 Å². The van der Waals surface area contributed by atoms with Crippen molar-refractivity contribution in [2.45, 2.75) is 6.42 Å². The molecule has 1 aromatic heterocycles. The van der Waals surface area contributed by atoms with Crippen molar-refractivity contribution < 1.29 is 18.7 Å². The molecule has 0 bridgehead atoms. The molecule has 4 aromatic rings. The minimum atomic E-state index is -0.455. The minimum absolute atomic E-state index is 0.161. The molecule has 31 heavy (non-hydrogen) atoms. The predicted octanol–water partition coefficient (Wildman–Crippen LogP) is 4.05. The second-order valence-electron chi connectivity index (χ2n) is 6.82. The van der Waals surface area contributed by atoms with Crippen LogP contribution in [0.2, 0.25) is 0 Å². The highest BCUT2D eigenvalue weighted by Crippen LogP contribution is 2.28. The number of rotatable bonds is 6. The summed E-state index contributed by atoms with van der Waals surface area (Å²) in [7, 11) is 3.11. The van der Waals surface area contributed by atoms with Crippen LogP contribution in [0.5, 0.6) is 11.5 Å². The Hall–Kier alpha value is -4.13. The van der Waals surface area contributed by atoms with Crippen LogP contribution in [-0.2, 0) is 11.2 Å². The van der Waals surface area contributed by atoms with Gasteiger partial charge in [0.15, 0.2) is 11.5 Å². The maximum Gasteiger partial charge on any atom is 0.347 e. The lowest BCUT2D eigenvalue weighted by molar-refractivity contribution is -0.115. The Morgan fingerprint density at radius 1 is 0.968 bits per heavy atom. The standard InChI is InChI=1S/C24H20N2O5/c1-29-20-11-10-15(12-21(20)30-2)13-22(27)25-17-7-5-6-16(14-17)23-26-19-9-4-3-8-18(19)24(28)31-23/h3-12,14H,13H2,1-2H3,(H,25,27).